The van der Waals surface area contributed by atoms with Crippen molar-refractivity contribution in [3.8, 4) is 5.75 Å². The number of phenolic OH excluding ortho intramolecular Hbond substituents is 1. The molecule has 2 rings (SSSR count). The molecule has 0 aliphatic carbocycles. The average Bonchev–Trinajstić information content (AvgIpc) is 2.61. The van der Waals surface area contributed by atoms with Crippen LogP contribution in [-0.2, 0) is 4.79 Å². The number of aromatic hydroxyl groups is 1. The highest BCUT2D eigenvalue weighted by atomic mass is 16.6. The van der Waals surface area contributed by atoms with Crippen LogP contribution in [0.5, 0.6) is 5.75 Å². The number of nitro groups is 1. The molecule has 1 atom stereocenters. The third kappa shape index (κ3) is 5.03. The molecule has 130 valence electrons. The van der Waals surface area contributed by atoms with Crippen LogP contribution in [0.2, 0.25) is 0 Å². The molecule has 2 aromatic rings. The van der Waals surface area contributed by atoms with Crippen LogP contribution in [0.15, 0.2) is 53.6 Å². The van der Waals surface area contributed by atoms with Gasteiger partial charge in [0, 0.05) is 23.4 Å². The highest BCUT2D eigenvalue weighted by Gasteiger charge is 2.15. The van der Waals surface area contributed by atoms with E-state index in [1.165, 1.54) is 18.2 Å². The molecule has 0 fully saturated rings. The summed E-state index contributed by atoms with van der Waals surface area (Å²) in [5, 5.41) is 27.3. The molecule has 25 heavy (non-hydrogen) atoms. The molecular formula is C17H18N4O4. The van der Waals surface area contributed by atoms with Gasteiger partial charge in [-0.1, -0.05) is 25.1 Å². The molecule has 3 N–H and O–H groups in total. The lowest BCUT2D eigenvalue weighted by Crippen LogP contribution is -2.36. The summed E-state index contributed by atoms with van der Waals surface area (Å²) in [6, 6.07) is 12.4. The largest absolute Gasteiger partial charge is 0.507 e. The molecular weight excluding hydrogens is 324 g/mol. The lowest BCUT2D eigenvalue weighted by molar-refractivity contribution is -0.384. The van der Waals surface area contributed by atoms with Gasteiger partial charge in [0.2, 0.25) is 0 Å². The van der Waals surface area contributed by atoms with E-state index in [2.05, 4.69) is 15.8 Å². The third-order valence-electron chi connectivity index (χ3n) is 3.44. The van der Waals surface area contributed by atoms with Crippen molar-refractivity contribution in [1.82, 2.24) is 5.43 Å². The minimum Gasteiger partial charge on any atom is -0.507 e. The van der Waals surface area contributed by atoms with Crippen LogP contribution >= 0.6 is 0 Å². The fourth-order valence-electron chi connectivity index (χ4n) is 2.09. The van der Waals surface area contributed by atoms with E-state index in [0.717, 1.165) is 11.9 Å². The summed E-state index contributed by atoms with van der Waals surface area (Å²) in [4.78, 5) is 22.3. The van der Waals surface area contributed by atoms with E-state index in [9.17, 15) is 20.0 Å². The Balaban J connectivity index is 2.01. The highest BCUT2D eigenvalue weighted by Crippen LogP contribution is 2.21. The van der Waals surface area contributed by atoms with Crippen molar-refractivity contribution >= 4 is 23.5 Å². The normalized spacial score (nSPS) is 11.9. The number of nitrogens with one attached hydrogen (secondary N) is 2. The van der Waals surface area contributed by atoms with Gasteiger partial charge in [-0.3, -0.25) is 14.9 Å². The molecule has 0 aliphatic rings. The van der Waals surface area contributed by atoms with Crippen molar-refractivity contribution in [2.45, 2.75) is 19.4 Å². The summed E-state index contributed by atoms with van der Waals surface area (Å²) in [6.07, 6.45) is 1.70. The number of nitro benzene ring substituents is 1. The predicted molar refractivity (Wildman–Crippen MR) is 94.6 cm³/mol. The van der Waals surface area contributed by atoms with Crippen LogP contribution in [0.25, 0.3) is 0 Å². The molecule has 0 bridgehead atoms. The zero-order valence-corrected chi connectivity index (χ0v) is 13.5. The number of anilines is 1. The van der Waals surface area contributed by atoms with Crippen LogP contribution in [0.3, 0.4) is 0 Å². The Hall–Kier alpha value is -3.42. The number of benzene rings is 2. The number of para-hydroxylation sites is 1. The van der Waals surface area contributed by atoms with Gasteiger partial charge in [-0.15, -0.1) is 0 Å². The number of hydrogen-bond donors (Lipinski definition) is 3. The minimum atomic E-state index is -0.577. The zero-order valence-electron chi connectivity index (χ0n) is 13.5. The molecule has 0 spiro atoms. The van der Waals surface area contributed by atoms with Gasteiger partial charge < -0.3 is 10.4 Å². The second-order valence-corrected chi connectivity index (χ2v) is 5.21. The van der Waals surface area contributed by atoms with Gasteiger partial charge in [0.25, 0.3) is 11.6 Å². The van der Waals surface area contributed by atoms with Crippen molar-refractivity contribution in [1.29, 1.82) is 0 Å². The predicted octanol–water partition coefficient (Wildman–Crippen LogP) is 2.64. The van der Waals surface area contributed by atoms with Crippen LogP contribution in [0.1, 0.15) is 18.9 Å². The molecule has 0 aliphatic heterocycles. The van der Waals surface area contributed by atoms with Gasteiger partial charge in [0.15, 0.2) is 0 Å². The van der Waals surface area contributed by atoms with Crippen molar-refractivity contribution in [2.24, 2.45) is 5.10 Å². The monoisotopic (exact) mass is 342 g/mol. The second kappa shape index (κ2) is 8.44. The number of non-ortho nitro benzene ring substituents is 1. The van der Waals surface area contributed by atoms with E-state index in [-0.39, 0.29) is 22.9 Å². The molecule has 1 amide bonds. The van der Waals surface area contributed by atoms with E-state index >= 15 is 0 Å². The van der Waals surface area contributed by atoms with E-state index in [1.54, 1.807) is 0 Å². The second-order valence-electron chi connectivity index (χ2n) is 5.21. The maximum atomic E-state index is 12.2. The first-order valence-corrected chi connectivity index (χ1v) is 7.63. The van der Waals surface area contributed by atoms with Crippen LogP contribution < -0.4 is 10.7 Å². The Morgan fingerprint density at radius 2 is 2.04 bits per heavy atom. The van der Waals surface area contributed by atoms with Gasteiger partial charge in [0.1, 0.15) is 11.8 Å². The smallest absolute Gasteiger partial charge is 0.270 e. The van der Waals surface area contributed by atoms with Gasteiger partial charge in [0.05, 0.1) is 11.1 Å². The standard InChI is InChI=1S/C17H18N4O4/c1-2-15(19-13-6-4-3-5-7-13)17(23)20-18-11-12-10-14(21(24)25)8-9-16(12)22/h3-11,15,19,22H,2H2,1H3,(H,20,23). The third-order valence-corrected chi connectivity index (χ3v) is 3.44. The maximum absolute atomic E-state index is 12.2. The Labute approximate surface area is 144 Å². The van der Waals surface area contributed by atoms with Crippen molar-refractivity contribution in [2.75, 3.05) is 5.32 Å². The Kier molecular flexibility index (Phi) is 6.05. The average molecular weight is 342 g/mol. The zero-order chi connectivity index (χ0) is 18.2. The number of hydrogen-bond acceptors (Lipinski definition) is 6. The maximum Gasteiger partial charge on any atom is 0.270 e. The Bertz CT molecular complexity index is 777. The topological polar surface area (TPSA) is 117 Å². The molecule has 0 aromatic heterocycles. The number of carbonyl (C=O) groups excluding carboxylic acids is 1. The fourth-order valence-corrected chi connectivity index (χ4v) is 2.09. The number of amides is 1. The molecule has 0 radical (unpaired) electrons. The molecule has 8 heteroatoms. The van der Waals surface area contributed by atoms with E-state index < -0.39 is 11.0 Å². The Morgan fingerprint density at radius 1 is 1.32 bits per heavy atom. The van der Waals surface area contributed by atoms with Gasteiger partial charge >= 0.3 is 0 Å². The summed E-state index contributed by atoms with van der Waals surface area (Å²) in [5.74, 6) is -0.523. The number of rotatable bonds is 7. The summed E-state index contributed by atoms with van der Waals surface area (Å²) < 4.78 is 0. The Morgan fingerprint density at radius 3 is 2.68 bits per heavy atom. The molecule has 1 unspecified atom stereocenters. The molecule has 0 heterocycles. The van der Waals surface area contributed by atoms with Crippen LogP contribution in [-0.4, -0.2) is 28.2 Å². The van der Waals surface area contributed by atoms with Crippen LogP contribution in [0.4, 0.5) is 11.4 Å². The van der Waals surface area contributed by atoms with Crippen LogP contribution in [0, 0.1) is 10.1 Å². The van der Waals surface area contributed by atoms with E-state index in [0.29, 0.717) is 6.42 Å². The number of phenols is 1. The summed E-state index contributed by atoms with van der Waals surface area (Å²) in [5.41, 5.74) is 3.13. The van der Waals surface area contributed by atoms with Crippen molar-refractivity contribution in [3.63, 3.8) is 0 Å². The van der Waals surface area contributed by atoms with Crippen molar-refractivity contribution in [3.05, 3.63) is 64.2 Å². The number of carbonyl (C=O) groups is 1. The summed E-state index contributed by atoms with van der Waals surface area (Å²) in [6.45, 7) is 1.86. The lowest BCUT2D eigenvalue weighted by atomic mass is 10.2. The first-order valence-electron chi connectivity index (χ1n) is 7.63. The lowest BCUT2D eigenvalue weighted by Gasteiger charge is -2.16. The summed E-state index contributed by atoms with van der Waals surface area (Å²) in [7, 11) is 0. The van der Waals surface area contributed by atoms with Gasteiger partial charge in [-0.2, -0.15) is 5.10 Å². The fraction of sp³-hybridized carbons (Fsp3) is 0.176. The van der Waals surface area contributed by atoms with E-state index in [1.807, 2.05) is 37.3 Å². The molecule has 2 aromatic carbocycles. The van der Waals surface area contributed by atoms with E-state index in [4.69, 9.17) is 0 Å². The number of nitrogens with zero attached hydrogens (tertiary/aromatic N) is 2. The van der Waals surface area contributed by atoms with Gasteiger partial charge in [-0.05, 0) is 24.6 Å². The quantitative estimate of drug-likeness (QED) is 0.406. The molecule has 8 nitrogen and oxygen atoms in total. The first kappa shape index (κ1) is 17.9. The molecule has 0 saturated carbocycles. The minimum absolute atomic E-state index is 0.138. The highest BCUT2D eigenvalue weighted by molar-refractivity contribution is 5.88. The number of hydrazone groups is 1. The van der Waals surface area contributed by atoms with Gasteiger partial charge in [-0.25, -0.2) is 5.43 Å². The summed E-state index contributed by atoms with van der Waals surface area (Å²) >= 11 is 0. The SMILES string of the molecule is CCC(Nc1ccccc1)C(=O)NN=Cc1cc([N+](=O)[O-])ccc1O. The molecule has 0 saturated heterocycles. The first-order chi connectivity index (χ1) is 12.0. The van der Waals surface area contributed by atoms with Crippen molar-refractivity contribution < 1.29 is 14.8 Å².